The van der Waals surface area contributed by atoms with Crippen LogP contribution in [-0.2, 0) is 14.3 Å². The number of carbonyl (C=O) groups excluding carboxylic acids is 1. The molecule has 1 saturated heterocycles. The molecule has 0 aromatic rings. The van der Waals surface area contributed by atoms with Crippen LogP contribution in [0.2, 0.25) is 0 Å². The van der Waals surface area contributed by atoms with Crippen molar-refractivity contribution in [3.05, 3.63) is 0 Å². The first-order chi connectivity index (χ1) is 8.06. The van der Waals surface area contributed by atoms with E-state index in [1.807, 2.05) is 0 Å². The molecule has 2 unspecified atom stereocenters. The van der Waals surface area contributed by atoms with Crippen LogP contribution in [0.5, 0.6) is 0 Å². The second kappa shape index (κ2) is 5.04. The molecule has 2 fully saturated rings. The van der Waals surface area contributed by atoms with Gasteiger partial charge in [0.15, 0.2) is 6.10 Å². The highest BCUT2D eigenvalue weighted by Gasteiger charge is 2.35. The van der Waals surface area contributed by atoms with E-state index in [-0.39, 0.29) is 11.9 Å². The summed E-state index contributed by atoms with van der Waals surface area (Å²) < 4.78 is 5.21. The molecule has 1 aliphatic carbocycles. The molecule has 2 aliphatic rings. The van der Waals surface area contributed by atoms with Gasteiger partial charge < -0.3 is 15.2 Å². The van der Waals surface area contributed by atoms with Crippen LogP contribution >= 0.6 is 0 Å². The largest absolute Gasteiger partial charge is 0.479 e. The van der Waals surface area contributed by atoms with E-state index < -0.39 is 18.2 Å². The van der Waals surface area contributed by atoms with Gasteiger partial charge in [-0.25, -0.2) is 4.79 Å². The Morgan fingerprint density at radius 2 is 1.88 bits per heavy atom. The fraction of sp³-hybridized carbons (Fsp3) is 0.833. The van der Waals surface area contributed by atoms with Crippen molar-refractivity contribution in [2.24, 2.45) is 5.92 Å². The summed E-state index contributed by atoms with van der Waals surface area (Å²) in [5.41, 5.74) is 0. The van der Waals surface area contributed by atoms with Crippen LogP contribution in [0.3, 0.4) is 0 Å². The second-order valence-corrected chi connectivity index (χ2v) is 5.15. The summed E-state index contributed by atoms with van der Waals surface area (Å²) in [5.74, 6) is -0.459. The maximum absolute atomic E-state index is 11.8. The van der Waals surface area contributed by atoms with E-state index in [9.17, 15) is 9.59 Å². The van der Waals surface area contributed by atoms with Crippen molar-refractivity contribution in [3.63, 3.8) is 0 Å². The third kappa shape index (κ3) is 2.97. The maximum atomic E-state index is 11.8. The van der Waals surface area contributed by atoms with Gasteiger partial charge in [-0.1, -0.05) is 6.92 Å². The first kappa shape index (κ1) is 12.4. The average molecular weight is 241 g/mol. The molecule has 96 valence electrons. The standard InChI is InChI=1S/C12H19NO4/c1-7-2-3-8(6-7)13-11(14)9-4-5-10(17-9)12(15)16/h7-10H,2-6H2,1H3,(H,13,14)(H,15,16)/t7?,8?,9-,10+/m0/s1. The Kier molecular flexibility index (Phi) is 3.66. The number of amides is 1. The van der Waals surface area contributed by atoms with Crippen LogP contribution in [0.4, 0.5) is 0 Å². The molecule has 0 aromatic carbocycles. The molecule has 5 heteroatoms. The molecule has 2 rings (SSSR count). The summed E-state index contributed by atoms with van der Waals surface area (Å²) in [6.45, 7) is 2.18. The number of aliphatic carboxylic acids is 1. The minimum Gasteiger partial charge on any atom is -0.479 e. The van der Waals surface area contributed by atoms with Gasteiger partial charge in [-0.3, -0.25) is 4.79 Å². The van der Waals surface area contributed by atoms with Crippen molar-refractivity contribution < 1.29 is 19.4 Å². The van der Waals surface area contributed by atoms with Gasteiger partial charge in [0, 0.05) is 6.04 Å². The van der Waals surface area contributed by atoms with Crippen LogP contribution in [0.15, 0.2) is 0 Å². The van der Waals surface area contributed by atoms with Crippen LogP contribution in [-0.4, -0.2) is 35.2 Å². The van der Waals surface area contributed by atoms with E-state index in [4.69, 9.17) is 9.84 Å². The summed E-state index contributed by atoms with van der Waals surface area (Å²) in [7, 11) is 0. The zero-order valence-electron chi connectivity index (χ0n) is 10.0. The summed E-state index contributed by atoms with van der Waals surface area (Å²) in [6.07, 6.45) is 2.72. The van der Waals surface area contributed by atoms with E-state index in [1.165, 1.54) is 0 Å². The van der Waals surface area contributed by atoms with E-state index in [0.717, 1.165) is 19.3 Å². The number of hydrogen-bond donors (Lipinski definition) is 2. The van der Waals surface area contributed by atoms with Gasteiger partial charge in [-0.15, -0.1) is 0 Å². The predicted molar refractivity (Wildman–Crippen MR) is 60.5 cm³/mol. The molecule has 0 bridgehead atoms. The fourth-order valence-corrected chi connectivity index (χ4v) is 2.64. The van der Waals surface area contributed by atoms with Crippen molar-refractivity contribution >= 4 is 11.9 Å². The van der Waals surface area contributed by atoms with Crippen molar-refractivity contribution in [3.8, 4) is 0 Å². The topological polar surface area (TPSA) is 75.6 Å². The van der Waals surface area contributed by atoms with Crippen LogP contribution < -0.4 is 5.32 Å². The average Bonchev–Trinajstić information content (AvgIpc) is 2.86. The Morgan fingerprint density at radius 3 is 2.41 bits per heavy atom. The van der Waals surface area contributed by atoms with Crippen molar-refractivity contribution in [2.75, 3.05) is 0 Å². The normalized spacial score (nSPS) is 37.0. The molecular formula is C12H19NO4. The Morgan fingerprint density at radius 1 is 1.18 bits per heavy atom. The SMILES string of the molecule is CC1CCC(NC(=O)[C@@H]2CC[C@H](C(=O)O)O2)C1. The van der Waals surface area contributed by atoms with Crippen LogP contribution in [0.1, 0.15) is 39.0 Å². The highest BCUT2D eigenvalue weighted by atomic mass is 16.5. The van der Waals surface area contributed by atoms with Crippen molar-refractivity contribution in [1.82, 2.24) is 5.32 Å². The number of carboxylic acids is 1. The minimum atomic E-state index is -0.977. The molecule has 0 aromatic heterocycles. The highest BCUT2D eigenvalue weighted by Crippen LogP contribution is 2.26. The number of rotatable bonds is 3. The molecule has 17 heavy (non-hydrogen) atoms. The Hall–Kier alpha value is -1.10. The molecule has 1 aliphatic heterocycles. The van der Waals surface area contributed by atoms with E-state index in [2.05, 4.69) is 12.2 Å². The zero-order valence-corrected chi connectivity index (χ0v) is 10.0. The van der Waals surface area contributed by atoms with E-state index in [0.29, 0.717) is 18.8 Å². The Bertz CT molecular complexity index is 318. The maximum Gasteiger partial charge on any atom is 0.332 e. The lowest BCUT2D eigenvalue weighted by atomic mass is 10.1. The summed E-state index contributed by atoms with van der Waals surface area (Å²) in [6, 6.07) is 0.241. The lowest BCUT2D eigenvalue weighted by Gasteiger charge is -2.16. The predicted octanol–water partition coefficient (Wildman–Crippen LogP) is 0.923. The molecule has 1 amide bonds. The first-order valence-electron chi connectivity index (χ1n) is 6.25. The monoisotopic (exact) mass is 241 g/mol. The second-order valence-electron chi connectivity index (χ2n) is 5.15. The Balaban J connectivity index is 1.79. The molecule has 2 N–H and O–H groups in total. The number of nitrogens with one attached hydrogen (secondary N) is 1. The molecule has 5 nitrogen and oxygen atoms in total. The third-order valence-corrected chi connectivity index (χ3v) is 3.63. The summed E-state index contributed by atoms with van der Waals surface area (Å²) in [4.78, 5) is 22.5. The zero-order chi connectivity index (χ0) is 12.4. The lowest BCUT2D eigenvalue weighted by Crippen LogP contribution is -2.40. The minimum absolute atomic E-state index is 0.146. The molecule has 4 atom stereocenters. The smallest absolute Gasteiger partial charge is 0.332 e. The molecule has 0 radical (unpaired) electrons. The van der Waals surface area contributed by atoms with Gasteiger partial charge in [-0.05, 0) is 38.0 Å². The number of carbonyl (C=O) groups is 2. The van der Waals surface area contributed by atoms with Gasteiger partial charge >= 0.3 is 5.97 Å². The van der Waals surface area contributed by atoms with Crippen LogP contribution in [0.25, 0.3) is 0 Å². The number of carboxylic acid groups (broad SMARTS) is 1. The van der Waals surface area contributed by atoms with Crippen molar-refractivity contribution in [1.29, 1.82) is 0 Å². The van der Waals surface area contributed by atoms with Gasteiger partial charge in [0.2, 0.25) is 5.91 Å². The summed E-state index contributed by atoms with van der Waals surface area (Å²) in [5, 5.41) is 11.7. The van der Waals surface area contributed by atoms with Gasteiger partial charge in [-0.2, -0.15) is 0 Å². The van der Waals surface area contributed by atoms with E-state index in [1.54, 1.807) is 0 Å². The molecule has 1 saturated carbocycles. The molecular weight excluding hydrogens is 222 g/mol. The van der Waals surface area contributed by atoms with Gasteiger partial charge in [0.1, 0.15) is 6.10 Å². The van der Waals surface area contributed by atoms with E-state index >= 15 is 0 Å². The highest BCUT2D eigenvalue weighted by molar-refractivity contribution is 5.82. The van der Waals surface area contributed by atoms with Gasteiger partial charge in [0.05, 0.1) is 0 Å². The quantitative estimate of drug-likeness (QED) is 0.770. The number of ether oxygens (including phenoxy) is 1. The first-order valence-corrected chi connectivity index (χ1v) is 6.25. The lowest BCUT2D eigenvalue weighted by molar-refractivity contribution is -0.151. The molecule has 0 spiro atoms. The van der Waals surface area contributed by atoms with Crippen LogP contribution in [0, 0.1) is 5.92 Å². The summed E-state index contributed by atoms with van der Waals surface area (Å²) >= 11 is 0. The Labute approximate surface area is 101 Å². The fourth-order valence-electron chi connectivity index (χ4n) is 2.64. The molecule has 1 heterocycles. The third-order valence-electron chi connectivity index (χ3n) is 3.63. The van der Waals surface area contributed by atoms with Crippen molar-refractivity contribution in [2.45, 2.75) is 57.3 Å². The van der Waals surface area contributed by atoms with Gasteiger partial charge in [0.25, 0.3) is 0 Å². The number of hydrogen-bond acceptors (Lipinski definition) is 3.